The minimum atomic E-state index is -1.30. The molecule has 0 saturated carbocycles. The van der Waals surface area contributed by atoms with Crippen LogP contribution in [-0.2, 0) is 25.6 Å². The molecule has 204 valence electrons. The number of hydrogen-bond acceptors (Lipinski definition) is 6. The van der Waals surface area contributed by atoms with Crippen LogP contribution in [0.1, 0.15) is 36.0 Å². The van der Waals surface area contributed by atoms with Crippen molar-refractivity contribution in [1.29, 1.82) is 0 Å². The van der Waals surface area contributed by atoms with E-state index in [4.69, 9.17) is 14.2 Å². The fraction of sp³-hybridized carbons (Fsp3) is 0.300. The summed E-state index contributed by atoms with van der Waals surface area (Å²) in [5, 5.41) is 14.7. The molecule has 0 radical (unpaired) electrons. The van der Waals surface area contributed by atoms with Gasteiger partial charge >= 0.3 is 18.2 Å². The maximum Gasteiger partial charge on any atom is 0.407 e. The van der Waals surface area contributed by atoms with Crippen LogP contribution in [0.5, 0.6) is 0 Å². The highest BCUT2D eigenvalue weighted by Gasteiger charge is 2.31. The summed E-state index contributed by atoms with van der Waals surface area (Å²) < 4.78 is 16.2. The summed E-state index contributed by atoms with van der Waals surface area (Å²) in [4.78, 5) is 36.2. The lowest BCUT2D eigenvalue weighted by Crippen LogP contribution is -2.49. The lowest BCUT2D eigenvalue weighted by atomic mass is 9.98. The number of benzene rings is 3. The SMILES string of the molecule is CC(OCCCNC(=O)OCc1ccccc1)C(NC(=O)OCC1c2ccccc2-c2ccccc21)C(=O)O. The molecular formula is C30H32N2O7. The van der Waals surface area contributed by atoms with E-state index >= 15 is 0 Å². The Balaban J connectivity index is 1.18. The number of aliphatic carboxylic acids is 1. The second kappa shape index (κ2) is 13.4. The first kappa shape index (κ1) is 27.7. The zero-order valence-corrected chi connectivity index (χ0v) is 21.7. The van der Waals surface area contributed by atoms with Crippen LogP contribution in [0.25, 0.3) is 11.1 Å². The number of carboxylic acids is 1. The highest BCUT2D eigenvalue weighted by molar-refractivity contribution is 5.81. The van der Waals surface area contributed by atoms with E-state index in [-0.39, 0.29) is 32.3 Å². The highest BCUT2D eigenvalue weighted by Crippen LogP contribution is 2.44. The van der Waals surface area contributed by atoms with Gasteiger partial charge in [-0.15, -0.1) is 0 Å². The van der Waals surface area contributed by atoms with Gasteiger partial charge < -0.3 is 30.0 Å². The van der Waals surface area contributed by atoms with Gasteiger partial charge in [-0.2, -0.15) is 0 Å². The molecule has 2 unspecified atom stereocenters. The fourth-order valence-electron chi connectivity index (χ4n) is 4.55. The minimum absolute atomic E-state index is 0.0769. The Morgan fingerprint density at radius 2 is 1.46 bits per heavy atom. The van der Waals surface area contributed by atoms with Crippen molar-refractivity contribution in [2.45, 2.75) is 38.0 Å². The second-order valence-corrected chi connectivity index (χ2v) is 9.20. The molecule has 3 N–H and O–H groups in total. The Morgan fingerprint density at radius 3 is 2.10 bits per heavy atom. The number of ether oxygens (including phenoxy) is 3. The van der Waals surface area contributed by atoms with Crippen molar-refractivity contribution in [1.82, 2.24) is 10.6 Å². The molecule has 0 heterocycles. The predicted octanol–water partition coefficient (Wildman–Crippen LogP) is 4.70. The normalized spacial score (nSPS) is 13.5. The summed E-state index contributed by atoms with van der Waals surface area (Å²) in [6.07, 6.45) is -1.77. The largest absolute Gasteiger partial charge is 0.480 e. The Hall–Kier alpha value is -4.37. The average Bonchev–Trinajstić information content (AvgIpc) is 3.27. The number of carbonyl (C=O) groups is 3. The standard InChI is InChI=1S/C30H32N2O7/c1-20(37-17-9-16-31-29(35)38-18-21-10-3-2-4-11-21)27(28(33)34)32-30(36)39-19-26-24-14-7-5-12-22(24)23-13-6-8-15-25(23)26/h2-8,10-15,20,26-27H,9,16-19H2,1H3,(H,31,35)(H,32,36)(H,33,34). The third-order valence-electron chi connectivity index (χ3n) is 6.54. The highest BCUT2D eigenvalue weighted by atomic mass is 16.6. The number of carbonyl (C=O) groups excluding carboxylic acids is 2. The van der Waals surface area contributed by atoms with E-state index in [2.05, 4.69) is 10.6 Å². The number of amides is 2. The number of hydrogen-bond donors (Lipinski definition) is 3. The van der Waals surface area contributed by atoms with Crippen LogP contribution in [-0.4, -0.2) is 55.2 Å². The smallest absolute Gasteiger partial charge is 0.407 e. The molecule has 3 aromatic rings. The molecule has 0 fully saturated rings. The van der Waals surface area contributed by atoms with Crippen LogP contribution in [0.3, 0.4) is 0 Å². The van der Waals surface area contributed by atoms with Crippen molar-refractivity contribution in [3.63, 3.8) is 0 Å². The third kappa shape index (κ3) is 7.36. The van der Waals surface area contributed by atoms with E-state index in [1.54, 1.807) is 6.92 Å². The molecule has 2 amide bonds. The average molecular weight is 533 g/mol. The second-order valence-electron chi connectivity index (χ2n) is 9.20. The maximum atomic E-state index is 12.5. The molecule has 2 atom stereocenters. The van der Waals surface area contributed by atoms with Gasteiger partial charge in [0, 0.05) is 19.1 Å². The van der Waals surface area contributed by atoms with Gasteiger partial charge in [-0.3, -0.25) is 0 Å². The van der Waals surface area contributed by atoms with E-state index in [0.29, 0.717) is 6.42 Å². The van der Waals surface area contributed by atoms with Crippen molar-refractivity contribution in [3.8, 4) is 11.1 Å². The summed E-state index contributed by atoms with van der Waals surface area (Å²) in [5.74, 6) is -1.37. The number of carboxylic acid groups (broad SMARTS) is 1. The first-order valence-corrected chi connectivity index (χ1v) is 12.8. The molecule has 9 nitrogen and oxygen atoms in total. The lowest BCUT2D eigenvalue weighted by molar-refractivity contribution is -0.143. The molecule has 4 rings (SSSR count). The maximum absolute atomic E-state index is 12.5. The summed E-state index contributed by atoms with van der Waals surface area (Å²) in [6.45, 7) is 2.27. The van der Waals surface area contributed by atoms with Crippen molar-refractivity contribution in [2.75, 3.05) is 19.8 Å². The van der Waals surface area contributed by atoms with Gasteiger partial charge in [0.2, 0.25) is 0 Å². The number of alkyl carbamates (subject to hydrolysis) is 2. The van der Waals surface area contributed by atoms with Gasteiger partial charge in [0.15, 0.2) is 6.04 Å². The van der Waals surface area contributed by atoms with Crippen molar-refractivity contribution in [3.05, 3.63) is 95.6 Å². The molecule has 1 aliphatic rings. The van der Waals surface area contributed by atoms with Crippen LogP contribution in [0, 0.1) is 0 Å². The topological polar surface area (TPSA) is 123 Å². The lowest BCUT2D eigenvalue weighted by Gasteiger charge is -2.22. The molecule has 0 aliphatic heterocycles. The van der Waals surface area contributed by atoms with Gasteiger partial charge in [0.1, 0.15) is 13.2 Å². The van der Waals surface area contributed by atoms with Crippen LogP contribution in [0.15, 0.2) is 78.9 Å². The summed E-state index contributed by atoms with van der Waals surface area (Å²) in [6, 6.07) is 24.0. The number of fused-ring (bicyclic) bond motifs is 3. The van der Waals surface area contributed by atoms with Gasteiger partial charge in [0.25, 0.3) is 0 Å². The molecule has 0 aromatic heterocycles. The van der Waals surface area contributed by atoms with Crippen molar-refractivity contribution >= 4 is 18.2 Å². The van der Waals surface area contributed by atoms with Gasteiger partial charge in [-0.25, -0.2) is 14.4 Å². The monoisotopic (exact) mass is 532 g/mol. The molecule has 39 heavy (non-hydrogen) atoms. The van der Waals surface area contributed by atoms with E-state index in [1.807, 2.05) is 78.9 Å². The Labute approximate surface area is 227 Å². The van der Waals surface area contributed by atoms with Gasteiger partial charge in [-0.1, -0.05) is 78.9 Å². The van der Waals surface area contributed by atoms with E-state index in [0.717, 1.165) is 27.8 Å². The first-order valence-electron chi connectivity index (χ1n) is 12.8. The third-order valence-corrected chi connectivity index (χ3v) is 6.54. The van der Waals surface area contributed by atoms with Crippen LogP contribution in [0.2, 0.25) is 0 Å². The molecule has 0 bridgehead atoms. The number of rotatable bonds is 12. The summed E-state index contributed by atoms with van der Waals surface area (Å²) in [5.41, 5.74) is 5.22. The van der Waals surface area contributed by atoms with E-state index < -0.39 is 30.3 Å². The number of nitrogens with one attached hydrogen (secondary N) is 2. The van der Waals surface area contributed by atoms with E-state index in [1.165, 1.54) is 0 Å². The molecule has 9 heteroatoms. The fourth-order valence-corrected chi connectivity index (χ4v) is 4.55. The van der Waals surface area contributed by atoms with Crippen LogP contribution < -0.4 is 10.6 Å². The first-order chi connectivity index (χ1) is 18.9. The summed E-state index contributed by atoms with van der Waals surface area (Å²) in [7, 11) is 0. The quantitative estimate of drug-likeness (QED) is 0.289. The Kier molecular flexibility index (Phi) is 9.53. The Bertz CT molecular complexity index is 1240. The molecule has 1 aliphatic carbocycles. The zero-order valence-electron chi connectivity index (χ0n) is 21.7. The minimum Gasteiger partial charge on any atom is -0.480 e. The van der Waals surface area contributed by atoms with E-state index in [9.17, 15) is 19.5 Å². The summed E-state index contributed by atoms with van der Waals surface area (Å²) >= 11 is 0. The van der Waals surface area contributed by atoms with Gasteiger partial charge in [-0.05, 0) is 41.2 Å². The predicted molar refractivity (Wildman–Crippen MR) is 144 cm³/mol. The molecule has 3 aromatic carbocycles. The molecule has 0 spiro atoms. The molecular weight excluding hydrogens is 500 g/mol. The Morgan fingerprint density at radius 1 is 0.846 bits per heavy atom. The van der Waals surface area contributed by atoms with Gasteiger partial charge in [0.05, 0.1) is 6.10 Å². The van der Waals surface area contributed by atoms with Crippen LogP contribution >= 0.6 is 0 Å². The van der Waals surface area contributed by atoms with Crippen LogP contribution in [0.4, 0.5) is 9.59 Å². The van der Waals surface area contributed by atoms with Crippen molar-refractivity contribution < 1.29 is 33.7 Å². The van der Waals surface area contributed by atoms with Crippen molar-refractivity contribution in [2.24, 2.45) is 0 Å². The molecule has 0 saturated heterocycles. The zero-order chi connectivity index (χ0) is 27.6.